The minimum absolute atomic E-state index is 0.00292. The molecule has 6 heteroatoms. The summed E-state index contributed by atoms with van der Waals surface area (Å²) in [6.45, 7) is 10.2. The largest absolute Gasteiger partial charge is 0.444 e. The third kappa shape index (κ3) is 4.70. The molecule has 1 aliphatic rings. The molecular weight excluding hydrogens is 246 g/mol. The summed E-state index contributed by atoms with van der Waals surface area (Å²) in [5, 5.41) is 2.64. The summed E-state index contributed by atoms with van der Waals surface area (Å²) in [6.07, 6.45) is -0.565. The van der Waals surface area contributed by atoms with Crippen LogP contribution in [0.15, 0.2) is 0 Å². The predicted molar refractivity (Wildman–Crippen MR) is 72.6 cm³/mol. The van der Waals surface area contributed by atoms with E-state index in [1.807, 2.05) is 13.8 Å². The van der Waals surface area contributed by atoms with E-state index in [0.29, 0.717) is 13.1 Å². The Bertz CT molecular complexity index is 344. The fourth-order valence-corrected chi connectivity index (χ4v) is 1.84. The zero-order valence-corrected chi connectivity index (χ0v) is 12.4. The van der Waals surface area contributed by atoms with Crippen molar-refractivity contribution in [1.82, 2.24) is 10.2 Å². The van der Waals surface area contributed by atoms with Gasteiger partial charge in [0.1, 0.15) is 11.6 Å². The van der Waals surface area contributed by atoms with E-state index in [1.54, 1.807) is 25.7 Å². The van der Waals surface area contributed by atoms with Crippen molar-refractivity contribution >= 4 is 12.0 Å². The fraction of sp³-hybridized carbons (Fsp3) is 0.846. The fourth-order valence-electron chi connectivity index (χ4n) is 1.84. The molecular formula is C13H25N3O3. The van der Waals surface area contributed by atoms with Gasteiger partial charge < -0.3 is 20.7 Å². The monoisotopic (exact) mass is 271 g/mol. The number of likely N-dealkylation sites (tertiary alicyclic amines) is 1. The molecule has 0 radical (unpaired) electrons. The molecule has 1 saturated heterocycles. The van der Waals surface area contributed by atoms with Crippen molar-refractivity contribution in [3.05, 3.63) is 0 Å². The van der Waals surface area contributed by atoms with E-state index in [4.69, 9.17) is 10.5 Å². The van der Waals surface area contributed by atoms with Gasteiger partial charge in [0, 0.05) is 19.1 Å². The molecule has 0 spiro atoms. The Labute approximate surface area is 114 Å². The summed E-state index contributed by atoms with van der Waals surface area (Å²) >= 11 is 0. The van der Waals surface area contributed by atoms with Gasteiger partial charge in [0.05, 0.1) is 0 Å². The zero-order chi connectivity index (χ0) is 14.8. The van der Waals surface area contributed by atoms with Crippen molar-refractivity contribution in [1.29, 1.82) is 0 Å². The summed E-state index contributed by atoms with van der Waals surface area (Å²) in [7, 11) is 0. The Balaban J connectivity index is 2.58. The average Bonchev–Trinajstić information content (AvgIpc) is 2.17. The van der Waals surface area contributed by atoms with Crippen molar-refractivity contribution in [2.45, 2.75) is 52.3 Å². The zero-order valence-electron chi connectivity index (χ0n) is 12.4. The molecule has 6 nitrogen and oxygen atoms in total. The molecule has 0 aromatic rings. The molecule has 0 aliphatic carbocycles. The highest BCUT2D eigenvalue weighted by Crippen LogP contribution is 2.14. The predicted octanol–water partition coefficient (Wildman–Crippen LogP) is 0.705. The normalized spacial score (nSPS) is 17.9. The molecule has 110 valence electrons. The van der Waals surface area contributed by atoms with Crippen LogP contribution in [0.5, 0.6) is 0 Å². The number of hydrogen-bond acceptors (Lipinski definition) is 4. The van der Waals surface area contributed by atoms with Crippen molar-refractivity contribution in [2.75, 3.05) is 13.1 Å². The highest BCUT2D eigenvalue weighted by molar-refractivity contribution is 5.86. The first-order valence-corrected chi connectivity index (χ1v) is 6.64. The lowest BCUT2D eigenvalue weighted by Gasteiger charge is -2.39. The molecule has 0 saturated carbocycles. The Morgan fingerprint density at radius 1 is 1.32 bits per heavy atom. The molecule has 1 fully saturated rings. The Morgan fingerprint density at radius 2 is 1.84 bits per heavy atom. The van der Waals surface area contributed by atoms with E-state index >= 15 is 0 Å². The summed E-state index contributed by atoms with van der Waals surface area (Å²) in [5.41, 5.74) is 5.09. The minimum atomic E-state index is -0.576. The lowest BCUT2D eigenvalue weighted by atomic mass is 10.00. The topological polar surface area (TPSA) is 84.7 Å². The maximum absolute atomic E-state index is 12.2. The van der Waals surface area contributed by atoms with Gasteiger partial charge in [-0.3, -0.25) is 4.79 Å². The van der Waals surface area contributed by atoms with Gasteiger partial charge in [-0.1, -0.05) is 13.8 Å². The Morgan fingerprint density at radius 3 is 2.21 bits per heavy atom. The molecule has 0 aromatic heterocycles. The Kier molecular flexibility index (Phi) is 4.79. The van der Waals surface area contributed by atoms with Gasteiger partial charge in [-0.05, 0) is 26.7 Å². The molecule has 19 heavy (non-hydrogen) atoms. The first-order valence-electron chi connectivity index (χ1n) is 6.64. The smallest absolute Gasteiger partial charge is 0.408 e. The number of nitrogens with one attached hydrogen (secondary N) is 1. The molecule has 1 atom stereocenters. The van der Waals surface area contributed by atoms with Gasteiger partial charge in [-0.2, -0.15) is 0 Å². The van der Waals surface area contributed by atoms with Crippen LogP contribution in [0, 0.1) is 5.92 Å². The molecule has 2 amide bonds. The maximum atomic E-state index is 12.2. The number of carbonyl (C=O) groups is 2. The second-order valence-electron chi connectivity index (χ2n) is 6.37. The van der Waals surface area contributed by atoms with Crippen molar-refractivity contribution < 1.29 is 14.3 Å². The highest BCUT2D eigenvalue weighted by atomic mass is 16.6. The summed E-state index contributed by atoms with van der Waals surface area (Å²) in [6, 6.07) is -0.513. The first kappa shape index (κ1) is 15.8. The van der Waals surface area contributed by atoms with Gasteiger partial charge in [0.2, 0.25) is 5.91 Å². The number of hydrogen-bond donors (Lipinski definition) is 2. The Hall–Kier alpha value is -1.30. The highest BCUT2D eigenvalue weighted by Gasteiger charge is 2.35. The van der Waals surface area contributed by atoms with Crippen LogP contribution in [-0.2, 0) is 9.53 Å². The van der Waals surface area contributed by atoms with Crippen LogP contribution in [0.3, 0.4) is 0 Å². The van der Waals surface area contributed by atoms with Crippen LogP contribution in [0.1, 0.15) is 34.6 Å². The number of nitrogens with zero attached hydrogens (tertiary/aromatic N) is 1. The third-order valence-electron chi connectivity index (χ3n) is 2.83. The summed E-state index contributed by atoms with van der Waals surface area (Å²) in [5.74, 6) is -0.0978. The first-order chi connectivity index (χ1) is 8.60. The molecule has 1 rings (SSSR count). The second-order valence-corrected chi connectivity index (χ2v) is 6.37. The number of ether oxygens (including phenoxy) is 1. The number of nitrogens with two attached hydrogens (primary N) is 1. The van der Waals surface area contributed by atoms with Gasteiger partial charge in [-0.15, -0.1) is 0 Å². The van der Waals surface area contributed by atoms with Crippen LogP contribution in [0.25, 0.3) is 0 Å². The number of amides is 2. The van der Waals surface area contributed by atoms with Crippen molar-refractivity contribution in [3.63, 3.8) is 0 Å². The van der Waals surface area contributed by atoms with Crippen LogP contribution in [0.4, 0.5) is 4.79 Å². The van der Waals surface area contributed by atoms with Gasteiger partial charge in [0.25, 0.3) is 0 Å². The lowest BCUT2D eigenvalue weighted by molar-refractivity contribution is -0.138. The molecule has 0 aromatic carbocycles. The van der Waals surface area contributed by atoms with Gasteiger partial charge in [0.15, 0.2) is 0 Å². The SMILES string of the molecule is CC(C)[C@@H](NC(=O)OC(C)(C)C)C(=O)N1CC(N)C1. The lowest BCUT2D eigenvalue weighted by Crippen LogP contribution is -2.63. The van der Waals surface area contributed by atoms with Crippen LogP contribution in [-0.4, -0.2) is 47.7 Å². The number of carbonyl (C=O) groups excluding carboxylic acids is 2. The molecule has 1 aliphatic heterocycles. The van der Waals surface area contributed by atoms with E-state index in [-0.39, 0.29) is 17.9 Å². The molecule has 3 N–H and O–H groups in total. The minimum Gasteiger partial charge on any atom is -0.444 e. The third-order valence-corrected chi connectivity index (χ3v) is 2.83. The summed E-state index contributed by atoms with van der Waals surface area (Å²) in [4.78, 5) is 25.6. The average molecular weight is 271 g/mol. The molecule has 0 unspecified atom stereocenters. The van der Waals surface area contributed by atoms with Gasteiger partial charge >= 0.3 is 6.09 Å². The molecule has 0 bridgehead atoms. The van der Waals surface area contributed by atoms with E-state index in [0.717, 1.165) is 0 Å². The van der Waals surface area contributed by atoms with Crippen LogP contribution in [0.2, 0.25) is 0 Å². The van der Waals surface area contributed by atoms with E-state index in [2.05, 4.69) is 5.32 Å². The second kappa shape index (κ2) is 5.77. The maximum Gasteiger partial charge on any atom is 0.408 e. The number of alkyl carbamates (subject to hydrolysis) is 1. The number of rotatable bonds is 3. The quantitative estimate of drug-likeness (QED) is 0.791. The van der Waals surface area contributed by atoms with Crippen LogP contribution >= 0.6 is 0 Å². The standard InChI is InChI=1S/C13H25N3O3/c1-8(2)10(11(17)16-6-9(14)7-16)15-12(18)19-13(3,4)5/h8-10H,6-7,14H2,1-5H3,(H,15,18)/t10-/m1/s1. The van der Waals surface area contributed by atoms with E-state index in [1.165, 1.54) is 0 Å². The van der Waals surface area contributed by atoms with Gasteiger partial charge in [-0.25, -0.2) is 4.79 Å². The molecule has 1 heterocycles. The van der Waals surface area contributed by atoms with Crippen molar-refractivity contribution in [2.24, 2.45) is 11.7 Å². The summed E-state index contributed by atoms with van der Waals surface area (Å²) < 4.78 is 5.18. The van der Waals surface area contributed by atoms with Crippen molar-refractivity contribution in [3.8, 4) is 0 Å². The van der Waals surface area contributed by atoms with Crippen LogP contribution < -0.4 is 11.1 Å². The van der Waals surface area contributed by atoms with E-state index < -0.39 is 17.7 Å². The van der Waals surface area contributed by atoms with E-state index in [9.17, 15) is 9.59 Å².